The molecule has 0 aliphatic carbocycles. The Morgan fingerprint density at radius 2 is 2.17 bits per heavy atom. The molecule has 18 heavy (non-hydrogen) atoms. The molecule has 5 heteroatoms. The molecule has 0 spiro atoms. The Bertz CT molecular complexity index is 495. The monoisotopic (exact) mass is 270 g/mol. The van der Waals surface area contributed by atoms with Crippen LogP contribution in [-0.2, 0) is 25.5 Å². The van der Waals surface area contributed by atoms with Gasteiger partial charge < -0.3 is 4.74 Å². The van der Waals surface area contributed by atoms with E-state index in [1.165, 1.54) is 11.1 Å². The number of rotatable bonds is 5. The summed E-state index contributed by atoms with van der Waals surface area (Å²) in [5.41, 5.74) is 2.56. The van der Waals surface area contributed by atoms with Crippen LogP contribution < -0.4 is 0 Å². The summed E-state index contributed by atoms with van der Waals surface area (Å²) in [6.45, 7) is 0.954. The maximum Gasteiger partial charge on any atom is 0.264 e. The van der Waals surface area contributed by atoms with Crippen LogP contribution in [0.25, 0.3) is 0 Å². The lowest BCUT2D eigenvalue weighted by Crippen LogP contribution is -2.17. The number of benzene rings is 1. The molecule has 4 nitrogen and oxygen atoms in total. The lowest BCUT2D eigenvalue weighted by molar-refractivity contribution is 0.0329. The smallest absolute Gasteiger partial charge is 0.264 e. The second-order valence-corrected chi connectivity index (χ2v) is 6.12. The summed E-state index contributed by atoms with van der Waals surface area (Å²) in [7, 11) is -3.33. The van der Waals surface area contributed by atoms with Gasteiger partial charge >= 0.3 is 0 Å². The fraction of sp³-hybridized carbons (Fsp3) is 0.538. The van der Waals surface area contributed by atoms with Crippen molar-refractivity contribution in [2.45, 2.75) is 25.4 Å². The van der Waals surface area contributed by atoms with Crippen molar-refractivity contribution >= 4 is 10.1 Å². The normalized spacial score (nSPS) is 19.5. The highest BCUT2D eigenvalue weighted by Gasteiger charge is 2.19. The summed E-state index contributed by atoms with van der Waals surface area (Å²) in [6, 6.07) is 8.25. The van der Waals surface area contributed by atoms with Crippen molar-refractivity contribution in [2.75, 3.05) is 19.5 Å². The van der Waals surface area contributed by atoms with E-state index < -0.39 is 10.1 Å². The Hall–Kier alpha value is -0.910. The van der Waals surface area contributed by atoms with Crippen molar-refractivity contribution in [1.82, 2.24) is 0 Å². The third-order valence-corrected chi connectivity index (χ3v) is 3.60. The van der Waals surface area contributed by atoms with Crippen molar-refractivity contribution in [3.8, 4) is 0 Å². The minimum atomic E-state index is -3.33. The van der Waals surface area contributed by atoms with Crippen LogP contribution in [0.4, 0.5) is 0 Å². The van der Waals surface area contributed by atoms with Gasteiger partial charge in [-0.25, -0.2) is 0 Å². The van der Waals surface area contributed by atoms with Gasteiger partial charge in [-0.2, -0.15) is 8.42 Å². The molecule has 2 rings (SSSR count). The second-order valence-electron chi connectivity index (χ2n) is 4.48. The number of hydrogen-bond acceptors (Lipinski definition) is 4. The zero-order valence-electron chi connectivity index (χ0n) is 10.5. The summed E-state index contributed by atoms with van der Waals surface area (Å²) in [5, 5.41) is 0. The van der Waals surface area contributed by atoms with Gasteiger partial charge in [-0.1, -0.05) is 24.3 Å². The molecule has 1 heterocycles. The average molecular weight is 270 g/mol. The van der Waals surface area contributed by atoms with Gasteiger partial charge in [-0.3, -0.25) is 4.18 Å². The summed E-state index contributed by atoms with van der Waals surface area (Å²) in [5.74, 6) is 0. The largest absolute Gasteiger partial charge is 0.373 e. The Kier molecular flexibility index (Phi) is 4.37. The Balaban J connectivity index is 1.88. The van der Waals surface area contributed by atoms with Gasteiger partial charge in [0.15, 0.2) is 0 Å². The van der Waals surface area contributed by atoms with Gasteiger partial charge in [-0.15, -0.1) is 0 Å². The van der Waals surface area contributed by atoms with Crippen LogP contribution in [0.15, 0.2) is 24.3 Å². The Morgan fingerprint density at radius 1 is 1.39 bits per heavy atom. The van der Waals surface area contributed by atoms with Crippen molar-refractivity contribution < 1.29 is 17.3 Å². The molecule has 1 aliphatic heterocycles. The highest BCUT2D eigenvalue weighted by atomic mass is 32.2. The lowest BCUT2D eigenvalue weighted by Gasteiger charge is -2.25. The van der Waals surface area contributed by atoms with Crippen LogP contribution >= 0.6 is 0 Å². The highest BCUT2D eigenvalue weighted by Crippen LogP contribution is 2.30. The molecular formula is C13H18O4S. The third-order valence-electron chi connectivity index (χ3n) is 3.00. The molecule has 0 amide bonds. The third kappa shape index (κ3) is 3.80. The molecule has 1 atom stereocenters. The maximum absolute atomic E-state index is 10.8. The predicted octanol–water partition coefficient (Wildman–Crippen LogP) is 2.06. The molecule has 1 aliphatic rings. The first-order chi connectivity index (χ1) is 8.56. The maximum atomic E-state index is 10.8. The lowest BCUT2D eigenvalue weighted by atomic mass is 9.95. The molecule has 0 bridgehead atoms. The van der Waals surface area contributed by atoms with E-state index in [0.717, 1.165) is 25.7 Å². The van der Waals surface area contributed by atoms with Crippen LogP contribution in [-0.4, -0.2) is 27.9 Å². The van der Waals surface area contributed by atoms with Crippen LogP contribution in [0.2, 0.25) is 0 Å². The van der Waals surface area contributed by atoms with E-state index in [1.54, 1.807) is 0 Å². The molecule has 0 fully saturated rings. The van der Waals surface area contributed by atoms with Crippen molar-refractivity contribution in [2.24, 2.45) is 0 Å². The van der Waals surface area contributed by atoms with E-state index in [9.17, 15) is 8.42 Å². The Morgan fingerprint density at radius 3 is 2.94 bits per heavy atom. The molecule has 1 aromatic carbocycles. The summed E-state index contributed by atoms with van der Waals surface area (Å²) in [6.07, 6.45) is 3.54. The Labute approximate surface area is 108 Å². The first-order valence-electron chi connectivity index (χ1n) is 6.10. The zero-order valence-corrected chi connectivity index (χ0v) is 11.3. The zero-order chi connectivity index (χ0) is 13.0. The van der Waals surface area contributed by atoms with E-state index in [4.69, 9.17) is 8.92 Å². The van der Waals surface area contributed by atoms with Gasteiger partial charge in [0.2, 0.25) is 0 Å². The van der Waals surface area contributed by atoms with Gasteiger partial charge in [0.05, 0.1) is 25.6 Å². The number of ether oxygens (including phenoxy) is 1. The van der Waals surface area contributed by atoms with E-state index in [2.05, 4.69) is 12.1 Å². The van der Waals surface area contributed by atoms with Crippen molar-refractivity contribution in [3.63, 3.8) is 0 Å². The molecular weight excluding hydrogens is 252 g/mol. The predicted molar refractivity (Wildman–Crippen MR) is 68.9 cm³/mol. The van der Waals surface area contributed by atoms with Crippen LogP contribution in [0.1, 0.15) is 30.1 Å². The summed E-state index contributed by atoms with van der Waals surface area (Å²) in [4.78, 5) is 0. The quantitative estimate of drug-likeness (QED) is 0.607. The van der Waals surface area contributed by atoms with Crippen LogP contribution in [0.5, 0.6) is 0 Å². The molecule has 1 unspecified atom stereocenters. The van der Waals surface area contributed by atoms with E-state index >= 15 is 0 Å². The van der Waals surface area contributed by atoms with E-state index in [0.29, 0.717) is 6.42 Å². The number of hydrogen-bond donors (Lipinski definition) is 0. The highest BCUT2D eigenvalue weighted by molar-refractivity contribution is 7.85. The van der Waals surface area contributed by atoms with Crippen molar-refractivity contribution in [1.29, 1.82) is 0 Å². The second kappa shape index (κ2) is 5.82. The van der Waals surface area contributed by atoms with Crippen LogP contribution in [0, 0.1) is 0 Å². The SMILES string of the molecule is CS(=O)(=O)OCCCC1OCCc2ccccc21. The minimum Gasteiger partial charge on any atom is -0.373 e. The molecule has 0 N–H and O–H groups in total. The molecule has 0 aromatic heterocycles. The number of fused-ring (bicyclic) bond motifs is 1. The molecule has 1 aromatic rings. The summed E-state index contributed by atoms with van der Waals surface area (Å²) < 4.78 is 32.1. The topological polar surface area (TPSA) is 52.6 Å². The standard InChI is InChI=1S/C13H18O4S/c1-18(14,15)17-9-4-7-13-12-6-3-2-5-11(12)8-10-16-13/h2-3,5-6,13H,4,7-10H2,1H3. The van der Waals surface area contributed by atoms with Gasteiger partial charge in [-0.05, 0) is 30.4 Å². The van der Waals surface area contributed by atoms with Crippen LogP contribution in [0.3, 0.4) is 0 Å². The van der Waals surface area contributed by atoms with Gasteiger partial charge in [0, 0.05) is 0 Å². The first kappa shape index (κ1) is 13.5. The average Bonchev–Trinajstić information content (AvgIpc) is 2.33. The van der Waals surface area contributed by atoms with Crippen molar-refractivity contribution in [3.05, 3.63) is 35.4 Å². The van der Waals surface area contributed by atoms with E-state index in [1.807, 2.05) is 12.1 Å². The molecule has 0 saturated carbocycles. The van der Waals surface area contributed by atoms with E-state index in [-0.39, 0.29) is 12.7 Å². The molecule has 0 saturated heterocycles. The fourth-order valence-corrected chi connectivity index (χ4v) is 2.62. The van der Waals surface area contributed by atoms with Gasteiger partial charge in [0.25, 0.3) is 10.1 Å². The minimum absolute atomic E-state index is 0.0677. The van der Waals surface area contributed by atoms with Gasteiger partial charge in [0.1, 0.15) is 0 Å². The fourth-order valence-electron chi connectivity index (χ4n) is 2.19. The first-order valence-corrected chi connectivity index (χ1v) is 7.92. The molecule has 100 valence electrons. The summed E-state index contributed by atoms with van der Waals surface area (Å²) >= 11 is 0. The molecule has 0 radical (unpaired) electrons.